The fraction of sp³-hybridized carbons (Fsp3) is 0.188. The molecule has 0 saturated heterocycles. The maximum absolute atomic E-state index is 12.2. The first-order valence-corrected chi connectivity index (χ1v) is 7.71. The first-order valence-electron chi connectivity index (χ1n) is 6.32. The lowest BCUT2D eigenvalue weighted by Crippen LogP contribution is -2.12. The summed E-state index contributed by atoms with van der Waals surface area (Å²) in [6.07, 6.45) is 2.03. The van der Waals surface area contributed by atoms with Crippen molar-refractivity contribution in [3.8, 4) is 0 Å². The molecule has 2 rings (SSSR count). The zero-order chi connectivity index (χ0) is 14.4. The normalized spacial score (nSPS) is 10.3. The maximum Gasteiger partial charge on any atom is 0.255 e. The number of carbonyl (C=O) groups excluding carboxylic acids is 1. The predicted molar refractivity (Wildman–Crippen MR) is 84.0 cm³/mol. The second kappa shape index (κ2) is 7.12. The quantitative estimate of drug-likeness (QED) is 0.887. The van der Waals surface area contributed by atoms with Gasteiger partial charge < -0.3 is 10.4 Å². The maximum atomic E-state index is 12.2. The molecule has 0 aliphatic heterocycles. The van der Waals surface area contributed by atoms with Crippen LogP contribution in [0.25, 0.3) is 0 Å². The lowest BCUT2D eigenvalue weighted by molar-refractivity contribution is 0.102. The van der Waals surface area contributed by atoms with Gasteiger partial charge in [0.05, 0.1) is 6.61 Å². The molecule has 20 heavy (non-hydrogen) atoms. The standard InChI is InChI=1S/C16H17NO2S/c1-20-11-13-5-2-6-14(8-13)16(19)17-15-7-3-4-12(9-15)10-18/h2-9,18H,10-11H2,1H3,(H,17,19). The molecule has 2 aromatic rings. The molecule has 4 heteroatoms. The second-order valence-corrected chi connectivity index (χ2v) is 5.31. The minimum absolute atomic E-state index is 0.0348. The molecule has 0 aromatic heterocycles. The Balaban J connectivity index is 2.12. The highest BCUT2D eigenvalue weighted by molar-refractivity contribution is 7.97. The number of carbonyl (C=O) groups is 1. The van der Waals surface area contributed by atoms with Crippen molar-refractivity contribution in [2.75, 3.05) is 11.6 Å². The monoisotopic (exact) mass is 287 g/mol. The van der Waals surface area contributed by atoms with Gasteiger partial charge in [0.2, 0.25) is 0 Å². The Labute approximate surface area is 123 Å². The van der Waals surface area contributed by atoms with Crippen molar-refractivity contribution >= 4 is 23.4 Å². The van der Waals surface area contributed by atoms with Gasteiger partial charge in [-0.15, -0.1) is 0 Å². The first kappa shape index (κ1) is 14.6. The van der Waals surface area contributed by atoms with Crippen molar-refractivity contribution in [2.24, 2.45) is 0 Å². The van der Waals surface area contributed by atoms with Crippen LogP contribution in [0.15, 0.2) is 48.5 Å². The van der Waals surface area contributed by atoms with Crippen molar-refractivity contribution in [3.63, 3.8) is 0 Å². The summed E-state index contributed by atoms with van der Waals surface area (Å²) in [6.45, 7) is -0.0348. The molecule has 0 aliphatic carbocycles. The SMILES string of the molecule is CSCc1cccc(C(=O)Nc2cccc(CO)c2)c1. The summed E-state index contributed by atoms with van der Waals surface area (Å²) >= 11 is 1.72. The molecule has 0 aliphatic rings. The summed E-state index contributed by atoms with van der Waals surface area (Å²) in [5.74, 6) is 0.754. The average Bonchev–Trinajstić information content (AvgIpc) is 2.48. The molecule has 0 heterocycles. The van der Waals surface area contributed by atoms with Crippen LogP contribution in [-0.2, 0) is 12.4 Å². The molecule has 0 bridgehead atoms. The van der Waals surface area contributed by atoms with Crippen LogP contribution in [0, 0.1) is 0 Å². The van der Waals surface area contributed by atoms with Gasteiger partial charge in [-0.3, -0.25) is 4.79 Å². The van der Waals surface area contributed by atoms with Crippen molar-refractivity contribution in [2.45, 2.75) is 12.4 Å². The van der Waals surface area contributed by atoms with Gasteiger partial charge in [-0.25, -0.2) is 0 Å². The van der Waals surface area contributed by atoms with E-state index in [9.17, 15) is 4.79 Å². The molecule has 2 N–H and O–H groups in total. The summed E-state index contributed by atoms with van der Waals surface area (Å²) in [6, 6.07) is 14.8. The Kier molecular flexibility index (Phi) is 5.21. The third-order valence-electron chi connectivity index (χ3n) is 2.87. The summed E-state index contributed by atoms with van der Waals surface area (Å²) in [5.41, 5.74) is 3.25. The van der Waals surface area contributed by atoms with E-state index in [0.717, 1.165) is 16.9 Å². The van der Waals surface area contributed by atoms with Gasteiger partial charge in [0.1, 0.15) is 0 Å². The van der Waals surface area contributed by atoms with E-state index < -0.39 is 0 Å². The Morgan fingerprint density at radius 1 is 1.15 bits per heavy atom. The van der Waals surface area contributed by atoms with Gasteiger partial charge in [0.15, 0.2) is 0 Å². The van der Waals surface area contributed by atoms with Crippen LogP contribution in [0.1, 0.15) is 21.5 Å². The number of hydrogen-bond donors (Lipinski definition) is 2. The third-order valence-corrected chi connectivity index (χ3v) is 3.49. The Morgan fingerprint density at radius 2 is 1.90 bits per heavy atom. The van der Waals surface area contributed by atoms with E-state index in [1.807, 2.05) is 42.7 Å². The van der Waals surface area contributed by atoms with Crippen molar-refractivity contribution in [3.05, 3.63) is 65.2 Å². The number of anilines is 1. The molecule has 1 amide bonds. The van der Waals surface area contributed by atoms with Crippen molar-refractivity contribution < 1.29 is 9.90 Å². The zero-order valence-corrected chi connectivity index (χ0v) is 12.1. The number of aliphatic hydroxyl groups excluding tert-OH is 1. The Hall–Kier alpha value is -1.78. The van der Waals surface area contributed by atoms with Gasteiger partial charge >= 0.3 is 0 Å². The van der Waals surface area contributed by atoms with E-state index in [-0.39, 0.29) is 12.5 Å². The number of aliphatic hydroxyl groups is 1. The van der Waals surface area contributed by atoms with Crippen LogP contribution in [0.2, 0.25) is 0 Å². The fourth-order valence-electron chi connectivity index (χ4n) is 1.92. The minimum Gasteiger partial charge on any atom is -0.392 e. The van der Waals surface area contributed by atoms with Gasteiger partial charge in [-0.2, -0.15) is 11.8 Å². The Morgan fingerprint density at radius 3 is 2.65 bits per heavy atom. The third kappa shape index (κ3) is 3.85. The number of thioether (sulfide) groups is 1. The van der Waals surface area contributed by atoms with E-state index in [1.54, 1.807) is 23.9 Å². The number of nitrogens with one attached hydrogen (secondary N) is 1. The summed E-state index contributed by atoms with van der Waals surface area (Å²) < 4.78 is 0. The van der Waals surface area contributed by atoms with Crippen LogP contribution in [0.4, 0.5) is 5.69 Å². The summed E-state index contributed by atoms with van der Waals surface area (Å²) in [4.78, 5) is 12.2. The van der Waals surface area contributed by atoms with Crippen LogP contribution in [0.5, 0.6) is 0 Å². The van der Waals surface area contributed by atoms with Crippen LogP contribution >= 0.6 is 11.8 Å². The lowest BCUT2D eigenvalue weighted by Gasteiger charge is -2.07. The molecule has 0 saturated carbocycles. The van der Waals surface area contributed by atoms with E-state index in [2.05, 4.69) is 5.32 Å². The summed E-state index contributed by atoms with van der Waals surface area (Å²) in [5, 5.41) is 11.9. The smallest absolute Gasteiger partial charge is 0.255 e. The molecule has 0 radical (unpaired) electrons. The van der Waals surface area contributed by atoms with Gasteiger partial charge in [0.25, 0.3) is 5.91 Å². The molecule has 0 spiro atoms. The van der Waals surface area contributed by atoms with E-state index in [0.29, 0.717) is 11.3 Å². The largest absolute Gasteiger partial charge is 0.392 e. The van der Waals surface area contributed by atoms with Crippen LogP contribution < -0.4 is 5.32 Å². The number of hydrogen-bond acceptors (Lipinski definition) is 3. The number of rotatable bonds is 5. The molecule has 104 valence electrons. The van der Waals surface area contributed by atoms with Crippen LogP contribution in [-0.4, -0.2) is 17.3 Å². The van der Waals surface area contributed by atoms with E-state index in [1.165, 1.54) is 0 Å². The highest BCUT2D eigenvalue weighted by Crippen LogP contribution is 2.15. The van der Waals surface area contributed by atoms with E-state index >= 15 is 0 Å². The lowest BCUT2D eigenvalue weighted by atomic mass is 10.1. The van der Waals surface area contributed by atoms with Gasteiger partial charge in [0, 0.05) is 17.0 Å². The molecular formula is C16H17NO2S. The average molecular weight is 287 g/mol. The molecule has 0 unspecified atom stereocenters. The van der Waals surface area contributed by atoms with Crippen molar-refractivity contribution in [1.29, 1.82) is 0 Å². The molecule has 3 nitrogen and oxygen atoms in total. The fourth-order valence-corrected chi connectivity index (χ4v) is 2.43. The highest BCUT2D eigenvalue weighted by atomic mass is 32.2. The predicted octanol–water partition coefficient (Wildman–Crippen LogP) is 3.29. The number of amides is 1. The molecule has 0 fully saturated rings. The Bertz CT molecular complexity index is 599. The summed E-state index contributed by atoms with van der Waals surface area (Å²) in [7, 11) is 0. The highest BCUT2D eigenvalue weighted by Gasteiger charge is 2.07. The topological polar surface area (TPSA) is 49.3 Å². The molecule has 2 aromatic carbocycles. The molecule has 0 atom stereocenters. The van der Waals surface area contributed by atoms with E-state index in [4.69, 9.17) is 5.11 Å². The minimum atomic E-state index is -0.136. The zero-order valence-electron chi connectivity index (χ0n) is 11.3. The molecular weight excluding hydrogens is 270 g/mol. The van der Waals surface area contributed by atoms with Gasteiger partial charge in [-0.05, 0) is 41.6 Å². The van der Waals surface area contributed by atoms with Crippen LogP contribution in [0.3, 0.4) is 0 Å². The van der Waals surface area contributed by atoms with Gasteiger partial charge in [-0.1, -0.05) is 24.3 Å². The number of benzene rings is 2. The second-order valence-electron chi connectivity index (χ2n) is 4.45. The van der Waals surface area contributed by atoms with Crippen molar-refractivity contribution in [1.82, 2.24) is 0 Å². The first-order chi connectivity index (χ1) is 9.72.